The second kappa shape index (κ2) is 8.63. The number of nitrogens with zero attached hydrogens (tertiary/aromatic N) is 3. The maximum atomic E-state index is 6.24. The highest BCUT2D eigenvalue weighted by molar-refractivity contribution is 6.31. The van der Waals surface area contributed by atoms with Crippen LogP contribution >= 0.6 is 11.6 Å². The van der Waals surface area contributed by atoms with Gasteiger partial charge in [-0.25, -0.2) is 4.98 Å². The molecule has 0 amide bonds. The summed E-state index contributed by atoms with van der Waals surface area (Å²) < 4.78 is 0. The van der Waals surface area contributed by atoms with E-state index in [1.54, 1.807) is 12.4 Å². The molecule has 26 heavy (non-hydrogen) atoms. The molecule has 0 aliphatic carbocycles. The third kappa shape index (κ3) is 4.70. The highest BCUT2D eigenvalue weighted by Crippen LogP contribution is 2.22. The smallest absolute Gasteiger partial charge is 0.225 e. The van der Waals surface area contributed by atoms with Crippen molar-refractivity contribution in [2.75, 3.05) is 10.6 Å². The van der Waals surface area contributed by atoms with E-state index >= 15 is 0 Å². The zero-order chi connectivity index (χ0) is 18.4. The normalized spacial score (nSPS) is 11.8. The van der Waals surface area contributed by atoms with Crippen LogP contribution in [0.15, 0.2) is 54.9 Å². The Morgan fingerprint density at radius 1 is 1.08 bits per heavy atom. The summed E-state index contributed by atoms with van der Waals surface area (Å²) in [6.45, 7) is 4.83. The number of halogens is 1. The summed E-state index contributed by atoms with van der Waals surface area (Å²) in [5.41, 5.74) is 2.86. The molecule has 1 aromatic carbocycles. The van der Waals surface area contributed by atoms with Gasteiger partial charge in [0.1, 0.15) is 5.82 Å². The van der Waals surface area contributed by atoms with Crippen LogP contribution in [0.4, 0.5) is 11.8 Å². The molecule has 134 valence electrons. The van der Waals surface area contributed by atoms with Gasteiger partial charge >= 0.3 is 0 Å². The molecule has 0 aliphatic rings. The van der Waals surface area contributed by atoms with Gasteiger partial charge < -0.3 is 10.6 Å². The monoisotopic (exact) mass is 367 g/mol. The molecule has 2 N–H and O–H groups in total. The standard InChI is InChI=1S/C20H22ClN5/c1-3-14(2)24-20-25-18(15-8-10-22-11-9-15)12-19(26-20)23-13-16-6-4-5-7-17(16)21/h4-12,14H,3,13H2,1-2H3,(H2,23,24,25,26)/t14-/m0/s1. The molecule has 0 saturated carbocycles. The fraction of sp³-hybridized carbons (Fsp3) is 0.250. The van der Waals surface area contributed by atoms with Gasteiger partial charge in [0.2, 0.25) is 5.95 Å². The maximum absolute atomic E-state index is 6.24. The fourth-order valence-electron chi connectivity index (χ4n) is 2.42. The van der Waals surface area contributed by atoms with Gasteiger partial charge in [-0.3, -0.25) is 4.98 Å². The van der Waals surface area contributed by atoms with Crippen LogP contribution in [-0.4, -0.2) is 21.0 Å². The molecule has 1 atom stereocenters. The van der Waals surface area contributed by atoms with Gasteiger partial charge in [-0.15, -0.1) is 0 Å². The summed E-state index contributed by atoms with van der Waals surface area (Å²) in [6, 6.07) is 13.9. The zero-order valence-electron chi connectivity index (χ0n) is 14.9. The van der Waals surface area contributed by atoms with Gasteiger partial charge in [-0.1, -0.05) is 36.7 Å². The topological polar surface area (TPSA) is 62.7 Å². The van der Waals surface area contributed by atoms with Gasteiger partial charge in [0.25, 0.3) is 0 Å². The Kier molecular flexibility index (Phi) is 6.02. The van der Waals surface area contributed by atoms with Crippen LogP contribution in [0.5, 0.6) is 0 Å². The highest BCUT2D eigenvalue weighted by Gasteiger charge is 2.09. The van der Waals surface area contributed by atoms with Crippen molar-refractivity contribution in [2.24, 2.45) is 0 Å². The van der Waals surface area contributed by atoms with E-state index < -0.39 is 0 Å². The molecular formula is C20H22ClN5. The SMILES string of the molecule is CC[C@H](C)Nc1nc(NCc2ccccc2Cl)cc(-c2ccncc2)n1. The first kappa shape index (κ1) is 18.1. The van der Waals surface area contributed by atoms with Crippen molar-refractivity contribution in [1.82, 2.24) is 15.0 Å². The molecule has 6 heteroatoms. The minimum Gasteiger partial charge on any atom is -0.366 e. The Morgan fingerprint density at radius 2 is 1.85 bits per heavy atom. The van der Waals surface area contributed by atoms with E-state index in [2.05, 4.69) is 39.4 Å². The summed E-state index contributed by atoms with van der Waals surface area (Å²) in [4.78, 5) is 13.3. The summed E-state index contributed by atoms with van der Waals surface area (Å²) >= 11 is 6.24. The lowest BCUT2D eigenvalue weighted by atomic mass is 10.2. The molecule has 2 heterocycles. The van der Waals surface area contributed by atoms with Crippen LogP contribution in [0.1, 0.15) is 25.8 Å². The van der Waals surface area contributed by atoms with Crippen molar-refractivity contribution in [3.63, 3.8) is 0 Å². The van der Waals surface area contributed by atoms with E-state index in [0.717, 1.165) is 34.1 Å². The van der Waals surface area contributed by atoms with Crippen molar-refractivity contribution < 1.29 is 0 Å². The van der Waals surface area contributed by atoms with Crippen LogP contribution in [-0.2, 0) is 6.54 Å². The van der Waals surface area contributed by atoms with Crippen molar-refractivity contribution in [3.05, 3.63) is 65.4 Å². The Bertz CT molecular complexity index is 854. The largest absolute Gasteiger partial charge is 0.366 e. The molecule has 5 nitrogen and oxygen atoms in total. The highest BCUT2D eigenvalue weighted by atomic mass is 35.5. The summed E-state index contributed by atoms with van der Waals surface area (Å²) in [7, 11) is 0. The maximum Gasteiger partial charge on any atom is 0.225 e. The number of pyridine rings is 1. The predicted octanol–water partition coefficient (Wildman–Crippen LogP) is 5.01. The molecule has 0 aliphatic heterocycles. The van der Waals surface area contributed by atoms with Crippen LogP contribution in [0.2, 0.25) is 5.02 Å². The second-order valence-corrected chi connectivity index (χ2v) is 6.50. The second-order valence-electron chi connectivity index (χ2n) is 6.10. The van der Waals surface area contributed by atoms with Crippen molar-refractivity contribution >= 4 is 23.4 Å². The van der Waals surface area contributed by atoms with Crippen molar-refractivity contribution in [1.29, 1.82) is 0 Å². The quantitative estimate of drug-likeness (QED) is 0.614. The summed E-state index contributed by atoms with van der Waals surface area (Å²) in [5, 5.41) is 7.44. The number of hydrogen-bond acceptors (Lipinski definition) is 5. The molecular weight excluding hydrogens is 346 g/mol. The van der Waals surface area contributed by atoms with E-state index in [1.165, 1.54) is 0 Å². The van der Waals surface area contributed by atoms with Gasteiger partial charge in [0, 0.05) is 41.6 Å². The molecule has 0 spiro atoms. The Hall–Kier alpha value is -2.66. The lowest BCUT2D eigenvalue weighted by Gasteiger charge is -2.15. The number of hydrogen-bond donors (Lipinski definition) is 2. The number of anilines is 2. The lowest BCUT2D eigenvalue weighted by molar-refractivity contribution is 0.753. The number of nitrogens with one attached hydrogen (secondary N) is 2. The average Bonchev–Trinajstić information content (AvgIpc) is 2.68. The van der Waals surface area contributed by atoms with E-state index in [-0.39, 0.29) is 0 Å². The van der Waals surface area contributed by atoms with E-state index in [0.29, 0.717) is 18.5 Å². The third-order valence-electron chi connectivity index (χ3n) is 4.11. The van der Waals surface area contributed by atoms with Crippen molar-refractivity contribution in [2.45, 2.75) is 32.9 Å². The molecule has 0 saturated heterocycles. The predicted molar refractivity (Wildman–Crippen MR) is 107 cm³/mol. The van der Waals surface area contributed by atoms with E-state index in [9.17, 15) is 0 Å². The molecule has 2 aromatic heterocycles. The number of aromatic nitrogens is 3. The fourth-order valence-corrected chi connectivity index (χ4v) is 2.63. The Labute approximate surface area is 158 Å². The summed E-state index contributed by atoms with van der Waals surface area (Å²) in [6.07, 6.45) is 4.51. The number of benzene rings is 1. The molecule has 0 bridgehead atoms. The zero-order valence-corrected chi connectivity index (χ0v) is 15.7. The van der Waals surface area contributed by atoms with Crippen molar-refractivity contribution in [3.8, 4) is 11.3 Å². The molecule has 0 radical (unpaired) electrons. The van der Waals surface area contributed by atoms with Gasteiger partial charge in [0.05, 0.1) is 5.69 Å². The molecule has 0 unspecified atom stereocenters. The first-order chi connectivity index (χ1) is 12.7. The van der Waals surface area contributed by atoms with Crippen LogP contribution in [0.3, 0.4) is 0 Å². The van der Waals surface area contributed by atoms with E-state index in [4.69, 9.17) is 11.6 Å². The first-order valence-corrected chi connectivity index (χ1v) is 9.06. The molecule has 3 rings (SSSR count). The molecule has 3 aromatic rings. The lowest BCUT2D eigenvalue weighted by Crippen LogP contribution is -2.16. The molecule has 0 fully saturated rings. The number of rotatable bonds is 7. The first-order valence-electron chi connectivity index (χ1n) is 8.69. The van der Waals surface area contributed by atoms with Crippen LogP contribution < -0.4 is 10.6 Å². The Balaban J connectivity index is 1.88. The Morgan fingerprint density at radius 3 is 2.58 bits per heavy atom. The van der Waals surface area contributed by atoms with Crippen LogP contribution in [0.25, 0.3) is 11.3 Å². The third-order valence-corrected chi connectivity index (χ3v) is 4.48. The van der Waals surface area contributed by atoms with E-state index in [1.807, 2.05) is 42.5 Å². The minimum absolute atomic E-state index is 0.291. The minimum atomic E-state index is 0.291. The van der Waals surface area contributed by atoms with Crippen LogP contribution in [0, 0.1) is 0 Å². The summed E-state index contributed by atoms with van der Waals surface area (Å²) in [5.74, 6) is 1.35. The van der Waals surface area contributed by atoms with Gasteiger partial charge in [-0.2, -0.15) is 4.98 Å². The van der Waals surface area contributed by atoms with Gasteiger partial charge in [-0.05, 0) is 37.1 Å². The van der Waals surface area contributed by atoms with Gasteiger partial charge in [0.15, 0.2) is 0 Å². The average molecular weight is 368 g/mol.